The number of amides is 2. The van der Waals surface area contributed by atoms with Gasteiger partial charge in [0.05, 0.1) is 29.8 Å². The first-order valence-electron chi connectivity index (χ1n) is 12.4. The summed E-state index contributed by atoms with van der Waals surface area (Å²) < 4.78 is 44.0. The minimum absolute atomic E-state index is 0.0112. The third-order valence-electron chi connectivity index (χ3n) is 8.07. The fraction of sp³-hybridized carbons (Fsp3) is 0.481. The smallest absolute Gasteiger partial charge is 0.417 e. The van der Waals surface area contributed by atoms with E-state index in [1.54, 1.807) is 12.1 Å². The molecule has 3 fully saturated rings. The average molecular weight is 516 g/mol. The molecule has 2 bridgehead atoms. The van der Waals surface area contributed by atoms with Gasteiger partial charge in [0.25, 0.3) is 5.91 Å². The van der Waals surface area contributed by atoms with Gasteiger partial charge in [0.2, 0.25) is 5.91 Å². The number of Topliss-reactive ketones (excluding diaryl/α,β-unsaturated/α-hetero) is 1. The van der Waals surface area contributed by atoms with Gasteiger partial charge in [-0.2, -0.15) is 13.2 Å². The molecule has 7 nitrogen and oxygen atoms in total. The highest BCUT2D eigenvalue weighted by Gasteiger charge is 2.53. The van der Waals surface area contributed by atoms with Gasteiger partial charge in [-0.05, 0) is 69.7 Å². The van der Waals surface area contributed by atoms with Crippen LogP contribution >= 0.6 is 0 Å². The van der Waals surface area contributed by atoms with Gasteiger partial charge in [0.15, 0.2) is 11.9 Å². The first-order valence-corrected chi connectivity index (χ1v) is 12.4. The summed E-state index contributed by atoms with van der Waals surface area (Å²) in [6.07, 6.45) is -0.940. The van der Waals surface area contributed by atoms with Crippen molar-refractivity contribution in [3.63, 3.8) is 0 Å². The number of halogens is 3. The van der Waals surface area contributed by atoms with Crippen LogP contribution in [0.3, 0.4) is 0 Å². The topological polar surface area (TPSA) is 97.4 Å². The van der Waals surface area contributed by atoms with Crippen molar-refractivity contribution in [1.82, 2.24) is 15.6 Å². The van der Waals surface area contributed by atoms with Gasteiger partial charge in [0, 0.05) is 17.2 Å². The van der Waals surface area contributed by atoms with E-state index in [9.17, 15) is 27.6 Å². The Labute approximate surface area is 212 Å². The predicted molar refractivity (Wildman–Crippen MR) is 127 cm³/mol. The normalized spacial score (nSPS) is 26.7. The summed E-state index contributed by atoms with van der Waals surface area (Å²) in [6, 6.07) is 7.54. The fourth-order valence-electron chi connectivity index (χ4n) is 5.69. The molecule has 1 aliphatic heterocycles. The summed E-state index contributed by atoms with van der Waals surface area (Å²) in [5.41, 5.74) is -0.0309. The first kappa shape index (κ1) is 25.2. The van der Waals surface area contributed by atoms with Gasteiger partial charge in [-0.1, -0.05) is 11.6 Å². The Morgan fingerprint density at radius 2 is 1.78 bits per heavy atom. The lowest BCUT2D eigenvalue weighted by Crippen LogP contribution is -2.61. The lowest BCUT2D eigenvalue weighted by molar-refractivity contribution is -0.141. The Bertz CT molecular complexity index is 1220. The number of nitrogens with one attached hydrogen (secondary N) is 2. The number of hydrogen-bond donors (Lipinski definition) is 2. The highest BCUT2D eigenvalue weighted by Crippen LogP contribution is 2.52. The molecule has 0 unspecified atom stereocenters. The molecule has 4 aliphatic rings. The molecule has 1 aromatic heterocycles. The Morgan fingerprint density at radius 1 is 1.08 bits per heavy atom. The van der Waals surface area contributed by atoms with E-state index in [0.717, 1.165) is 17.8 Å². The molecular weight excluding hydrogens is 487 g/mol. The number of ether oxygens (including phenoxy) is 1. The number of alkyl halides is 3. The summed E-state index contributed by atoms with van der Waals surface area (Å²) in [4.78, 5) is 42.5. The number of carbonyl (C=O) groups is 3. The van der Waals surface area contributed by atoms with Crippen LogP contribution in [0.1, 0.15) is 72.1 Å². The van der Waals surface area contributed by atoms with Crippen LogP contribution in [0, 0.1) is 12.3 Å². The summed E-state index contributed by atoms with van der Waals surface area (Å²) in [5.74, 6) is -0.146. The number of fused-ring (bicyclic) bond motifs is 4. The minimum Gasteiger partial charge on any atom is -0.479 e. The van der Waals surface area contributed by atoms with Crippen LogP contribution in [0.5, 0.6) is 5.75 Å². The zero-order valence-corrected chi connectivity index (χ0v) is 20.4. The average Bonchev–Trinajstić information content (AvgIpc) is 2.88. The maximum absolute atomic E-state index is 13.1. The Kier molecular flexibility index (Phi) is 6.24. The van der Waals surface area contributed by atoms with Crippen molar-refractivity contribution in [2.75, 3.05) is 0 Å². The van der Waals surface area contributed by atoms with E-state index in [2.05, 4.69) is 15.6 Å². The van der Waals surface area contributed by atoms with Crippen molar-refractivity contribution in [2.45, 2.75) is 76.2 Å². The van der Waals surface area contributed by atoms with Crippen molar-refractivity contribution in [2.24, 2.45) is 5.41 Å². The van der Waals surface area contributed by atoms with Crippen molar-refractivity contribution in [1.29, 1.82) is 0 Å². The number of nitrogens with zero attached hydrogens (tertiary/aromatic N) is 1. The largest absolute Gasteiger partial charge is 0.479 e. The molecule has 2 heterocycles. The standard InChI is InChI=1S/C27H28F3N3O4/c1-16-2-5-21-19(12-16)20(34)13-22(37-21)23(35)33-26-9-6-25(7-10-26,8-11-26)24(36)32-15-18-4-3-17(14-31-18)27(28,29)30/h2-5,12,14,22H,6-11,13,15H2,1H3,(H,32,36)(H,33,35)/t22-,25?,26?/m1/s1. The molecule has 10 heteroatoms. The molecule has 3 saturated carbocycles. The van der Waals surface area contributed by atoms with Crippen molar-refractivity contribution >= 4 is 17.6 Å². The number of carbonyl (C=O) groups excluding carboxylic acids is 3. The highest BCUT2D eigenvalue weighted by molar-refractivity contribution is 6.03. The number of aromatic nitrogens is 1. The van der Waals surface area contributed by atoms with E-state index in [-0.39, 0.29) is 30.6 Å². The van der Waals surface area contributed by atoms with E-state index >= 15 is 0 Å². The summed E-state index contributed by atoms with van der Waals surface area (Å²) in [5, 5.41) is 5.97. The number of hydrogen-bond acceptors (Lipinski definition) is 5. The van der Waals surface area contributed by atoms with Crippen LogP contribution in [0.25, 0.3) is 0 Å². The maximum Gasteiger partial charge on any atom is 0.417 e. The molecule has 0 saturated heterocycles. The molecule has 2 aromatic rings. The molecule has 6 rings (SSSR count). The van der Waals surface area contributed by atoms with Gasteiger partial charge in [0.1, 0.15) is 5.75 Å². The number of pyridine rings is 1. The van der Waals surface area contributed by atoms with E-state index in [1.807, 2.05) is 13.0 Å². The zero-order chi connectivity index (χ0) is 26.4. The summed E-state index contributed by atoms with van der Waals surface area (Å²) in [7, 11) is 0. The van der Waals surface area contributed by atoms with Crippen LogP contribution in [-0.2, 0) is 22.3 Å². The van der Waals surface area contributed by atoms with E-state index in [1.165, 1.54) is 6.07 Å². The fourth-order valence-corrected chi connectivity index (χ4v) is 5.69. The van der Waals surface area contributed by atoms with Crippen LogP contribution in [0.4, 0.5) is 13.2 Å². The Morgan fingerprint density at radius 3 is 2.41 bits per heavy atom. The summed E-state index contributed by atoms with van der Waals surface area (Å²) in [6.45, 7) is 1.94. The number of benzene rings is 1. The first-order chi connectivity index (χ1) is 17.5. The van der Waals surface area contributed by atoms with Crippen molar-refractivity contribution in [3.05, 3.63) is 58.9 Å². The number of rotatable bonds is 5. The molecule has 3 aliphatic carbocycles. The van der Waals surface area contributed by atoms with E-state index < -0.39 is 28.8 Å². The zero-order valence-electron chi connectivity index (χ0n) is 20.4. The highest BCUT2D eigenvalue weighted by atomic mass is 19.4. The monoisotopic (exact) mass is 515 g/mol. The van der Waals surface area contributed by atoms with Gasteiger partial charge >= 0.3 is 6.18 Å². The van der Waals surface area contributed by atoms with E-state index in [0.29, 0.717) is 55.5 Å². The second-order valence-corrected chi connectivity index (χ2v) is 10.5. The number of ketones is 1. The molecule has 1 atom stereocenters. The van der Waals surface area contributed by atoms with Crippen LogP contribution in [-0.4, -0.2) is 34.2 Å². The molecule has 0 spiro atoms. The second kappa shape index (κ2) is 9.15. The van der Waals surface area contributed by atoms with Gasteiger partial charge in [-0.25, -0.2) is 0 Å². The molecular formula is C27H28F3N3O4. The third-order valence-corrected chi connectivity index (χ3v) is 8.07. The van der Waals surface area contributed by atoms with Crippen molar-refractivity contribution < 1.29 is 32.3 Å². The maximum atomic E-state index is 13.1. The van der Waals surface area contributed by atoms with Crippen LogP contribution in [0.15, 0.2) is 36.5 Å². The lowest BCUT2D eigenvalue weighted by Gasteiger charge is -2.52. The molecule has 1 aromatic carbocycles. The number of aryl methyl sites for hydroxylation is 1. The molecule has 196 valence electrons. The second-order valence-electron chi connectivity index (χ2n) is 10.5. The molecule has 2 N–H and O–H groups in total. The Balaban J connectivity index is 1.16. The molecule has 0 radical (unpaired) electrons. The van der Waals surface area contributed by atoms with Gasteiger partial charge in [-0.3, -0.25) is 19.4 Å². The third kappa shape index (κ3) is 4.93. The van der Waals surface area contributed by atoms with Gasteiger partial charge in [-0.15, -0.1) is 0 Å². The SMILES string of the molecule is Cc1ccc2c(c1)C(=O)C[C@H](C(=O)NC13CCC(C(=O)NCc4ccc(C(F)(F)F)cn4)(CC1)CC3)O2. The van der Waals surface area contributed by atoms with Crippen molar-refractivity contribution in [3.8, 4) is 5.75 Å². The van der Waals surface area contributed by atoms with E-state index in [4.69, 9.17) is 4.74 Å². The minimum atomic E-state index is -4.46. The Hall–Kier alpha value is -3.43. The molecule has 37 heavy (non-hydrogen) atoms. The predicted octanol–water partition coefficient (Wildman–Crippen LogP) is 4.27. The van der Waals surface area contributed by atoms with Gasteiger partial charge < -0.3 is 15.4 Å². The quantitative estimate of drug-likeness (QED) is 0.620. The summed E-state index contributed by atoms with van der Waals surface area (Å²) >= 11 is 0. The lowest BCUT2D eigenvalue weighted by atomic mass is 9.57. The van der Waals surface area contributed by atoms with Crippen LogP contribution in [0.2, 0.25) is 0 Å². The molecule has 2 amide bonds. The van der Waals surface area contributed by atoms with Crippen LogP contribution < -0.4 is 15.4 Å².